The lowest BCUT2D eigenvalue weighted by Gasteiger charge is -2.31. The highest BCUT2D eigenvalue weighted by molar-refractivity contribution is 5.99. The molecule has 2 amide bonds. The number of benzene rings is 1. The summed E-state index contributed by atoms with van der Waals surface area (Å²) in [6, 6.07) is 7.03. The van der Waals surface area contributed by atoms with Crippen molar-refractivity contribution >= 4 is 23.2 Å². The summed E-state index contributed by atoms with van der Waals surface area (Å²) < 4.78 is 1.03. The van der Waals surface area contributed by atoms with Crippen LogP contribution in [-0.2, 0) is 6.54 Å². The molecule has 2 unspecified atom stereocenters. The SMILES string of the molecule is CCCCC(CC)CN(CC(CC)CCCC)C(=O)c1ccccc1/N=N/c1c(C)c(C(N)=O)c(=O)n(CC)c1O. The molecule has 0 radical (unpaired) electrons. The Morgan fingerprint density at radius 3 is 2.00 bits per heavy atom. The Hall–Kier alpha value is -3.49. The van der Waals surface area contributed by atoms with Crippen molar-refractivity contribution in [2.75, 3.05) is 13.1 Å². The lowest BCUT2D eigenvalue weighted by Crippen LogP contribution is -2.39. The number of nitrogens with zero attached hydrogens (tertiary/aromatic N) is 4. The molecular formula is C32H49N5O4. The zero-order valence-electron chi connectivity index (χ0n) is 25.8. The van der Waals surface area contributed by atoms with Gasteiger partial charge in [-0.1, -0.05) is 78.4 Å². The van der Waals surface area contributed by atoms with Crippen molar-refractivity contribution in [2.24, 2.45) is 27.8 Å². The smallest absolute Gasteiger partial charge is 0.266 e. The molecule has 9 nitrogen and oxygen atoms in total. The van der Waals surface area contributed by atoms with Crippen LogP contribution in [0.2, 0.25) is 0 Å². The van der Waals surface area contributed by atoms with Crippen LogP contribution in [0, 0.1) is 18.8 Å². The molecule has 0 aliphatic carbocycles. The Morgan fingerprint density at radius 1 is 0.951 bits per heavy atom. The van der Waals surface area contributed by atoms with Gasteiger partial charge in [-0.25, -0.2) is 0 Å². The van der Waals surface area contributed by atoms with E-state index in [1.54, 1.807) is 31.2 Å². The van der Waals surface area contributed by atoms with Gasteiger partial charge in [0.1, 0.15) is 11.3 Å². The van der Waals surface area contributed by atoms with Gasteiger partial charge in [-0.2, -0.15) is 0 Å². The lowest BCUT2D eigenvalue weighted by molar-refractivity contribution is 0.0685. The first-order valence-corrected chi connectivity index (χ1v) is 15.2. The number of unbranched alkanes of at least 4 members (excludes halogenated alkanes) is 2. The topological polar surface area (TPSA) is 130 Å². The average Bonchev–Trinajstić information content (AvgIpc) is 2.96. The molecule has 1 aromatic carbocycles. The monoisotopic (exact) mass is 567 g/mol. The third-order valence-electron chi connectivity index (χ3n) is 7.94. The summed E-state index contributed by atoms with van der Waals surface area (Å²) in [7, 11) is 0. The van der Waals surface area contributed by atoms with Crippen molar-refractivity contribution in [3.63, 3.8) is 0 Å². The van der Waals surface area contributed by atoms with E-state index in [0.717, 1.165) is 55.9 Å². The van der Waals surface area contributed by atoms with Crippen LogP contribution in [0.25, 0.3) is 0 Å². The predicted molar refractivity (Wildman–Crippen MR) is 164 cm³/mol. The van der Waals surface area contributed by atoms with Crippen LogP contribution >= 0.6 is 0 Å². The summed E-state index contributed by atoms with van der Waals surface area (Å²) in [5.74, 6) is -0.574. The van der Waals surface area contributed by atoms with E-state index in [9.17, 15) is 19.5 Å². The Bertz CT molecular complexity index is 1240. The molecule has 9 heteroatoms. The third kappa shape index (κ3) is 8.75. The van der Waals surface area contributed by atoms with Crippen LogP contribution in [0.3, 0.4) is 0 Å². The van der Waals surface area contributed by atoms with Crippen molar-refractivity contribution in [1.29, 1.82) is 0 Å². The number of carbonyl (C=O) groups excluding carboxylic acids is 2. The number of pyridine rings is 1. The second kappa shape index (κ2) is 16.7. The summed E-state index contributed by atoms with van der Waals surface area (Å²) in [5, 5.41) is 19.4. The maximum absolute atomic E-state index is 14.1. The maximum atomic E-state index is 14.1. The molecule has 226 valence electrons. The van der Waals surface area contributed by atoms with E-state index < -0.39 is 17.3 Å². The van der Waals surface area contributed by atoms with Crippen molar-refractivity contribution in [3.05, 3.63) is 51.3 Å². The Morgan fingerprint density at radius 2 is 1.51 bits per heavy atom. The molecule has 41 heavy (non-hydrogen) atoms. The molecule has 0 spiro atoms. The second-order valence-electron chi connectivity index (χ2n) is 10.8. The fourth-order valence-electron chi connectivity index (χ4n) is 5.22. The van der Waals surface area contributed by atoms with Gasteiger partial charge in [0.25, 0.3) is 17.4 Å². The minimum atomic E-state index is -0.903. The number of rotatable bonds is 17. The summed E-state index contributed by atoms with van der Waals surface area (Å²) >= 11 is 0. The van der Waals surface area contributed by atoms with Gasteiger partial charge < -0.3 is 15.7 Å². The molecule has 3 N–H and O–H groups in total. The molecule has 2 rings (SSSR count). The standard InChI is InChI=1S/C32H49N5O4/c1-7-12-16-23(9-3)20-36(21-24(10-4)17-13-8-2)30(39)25-18-14-15-19-26(25)34-35-28-22(6)27(29(33)38)31(40)37(11-5)32(28)41/h14-15,18-19,23-24,41H,7-13,16-17,20-21H2,1-6H3,(H2,33,38)/b35-34+. The van der Waals surface area contributed by atoms with Gasteiger partial charge in [-0.05, 0) is 50.7 Å². The molecule has 0 aliphatic heterocycles. The average molecular weight is 568 g/mol. The molecule has 2 atom stereocenters. The highest BCUT2D eigenvalue weighted by Gasteiger charge is 2.25. The molecule has 0 saturated heterocycles. The first-order chi connectivity index (χ1) is 19.6. The van der Waals surface area contributed by atoms with Crippen LogP contribution < -0.4 is 11.3 Å². The van der Waals surface area contributed by atoms with Crippen LogP contribution in [0.4, 0.5) is 11.4 Å². The number of aromatic hydroxyl groups is 1. The van der Waals surface area contributed by atoms with Gasteiger partial charge in [0, 0.05) is 25.2 Å². The minimum absolute atomic E-state index is 0.0319. The number of nitrogens with two attached hydrogens (primary N) is 1. The first kappa shape index (κ1) is 33.7. The zero-order chi connectivity index (χ0) is 30.5. The number of amides is 2. The Balaban J connectivity index is 2.54. The van der Waals surface area contributed by atoms with Crippen molar-refractivity contribution in [2.45, 2.75) is 99.5 Å². The molecule has 0 bridgehead atoms. The molecular weight excluding hydrogens is 518 g/mol. The van der Waals surface area contributed by atoms with Crippen molar-refractivity contribution in [1.82, 2.24) is 9.47 Å². The van der Waals surface area contributed by atoms with Crippen LogP contribution in [0.1, 0.15) is 112 Å². The zero-order valence-corrected chi connectivity index (χ0v) is 25.8. The van der Waals surface area contributed by atoms with Gasteiger partial charge >= 0.3 is 0 Å². The van der Waals surface area contributed by atoms with Crippen LogP contribution in [0.5, 0.6) is 5.88 Å². The number of primary amides is 1. The molecule has 1 heterocycles. The van der Waals surface area contributed by atoms with Crippen LogP contribution in [-0.4, -0.2) is 39.5 Å². The molecule has 0 saturated carbocycles. The third-order valence-corrected chi connectivity index (χ3v) is 7.94. The van der Waals surface area contributed by atoms with E-state index in [4.69, 9.17) is 5.73 Å². The fraction of sp³-hybridized carbons (Fsp3) is 0.594. The van der Waals surface area contributed by atoms with E-state index in [1.165, 1.54) is 6.92 Å². The summed E-state index contributed by atoms with van der Waals surface area (Å²) in [4.78, 5) is 40.8. The number of azo groups is 1. The first-order valence-electron chi connectivity index (χ1n) is 15.2. The van der Waals surface area contributed by atoms with Crippen molar-refractivity contribution < 1.29 is 14.7 Å². The second-order valence-corrected chi connectivity index (χ2v) is 10.8. The van der Waals surface area contributed by atoms with E-state index in [2.05, 4.69) is 37.9 Å². The summed E-state index contributed by atoms with van der Waals surface area (Å²) in [6.45, 7) is 13.4. The number of hydrogen-bond acceptors (Lipinski definition) is 6. The highest BCUT2D eigenvalue weighted by Crippen LogP contribution is 2.33. The van der Waals surface area contributed by atoms with Crippen molar-refractivity contribution in [3.8, 4) is 5.88 Å². The highest BCUT2D eigenvalue weighted by atomic mass is 16.3. The summed E-state index contributed by atoms with van der Waals surface area (Å²) in [6.07, 6.45) is 8.68. The number of hydrogen-bond donors (Lipinski definition) is 2. The molecule has 0 aliphatic rings. The molecule has 0 fully saturated rings. The maximum Gasteiger partial charge on any atom is 0.266 e. The van der Waals surface area contributed by atoms with E-state index in [0.29, 0.717) is 36.2 Å². The van der Waals surface area contributed by atoms with Gasteiger partial charge in [-0.15, -0.1) is 10.2 Å². The van der Waals surface area contributed by atoms with E-state index in [-0.39, 0.29) is 29.3 Å². The fourth-order valence-corrected chi connectivity index (χ4v) is 5.22. The van der Waals surface area contributed by atoms with Gasteiger partial charge in [0.2, 0.25) is 5.88 Å². The number of carbonyl (C=O) groups is 2. The van der Waals surface area contributed by atoms with E-state index >= 15 is 0 Å². The lowest BCUT2D eigenvalue weighted by atomic mass is 9.95. The number of aromatic nitrogens is 1. The van der Waals surface area contributed by atoms with Gasteiger partial charge in [0.15, 0.2) is 0 Å². The largest absolute Gasteiger partial charge is 0.493 e. The molecule has 2 aromatic rings. The van der Waals surface area contributed by atoms with Crippen LogP contribution in [0.15, 0.2) is 39.3 Å². The summed E-state index contributed by atoms with van der Waals surface area (Å²) in [5.41, 5.74) is 5.42. The minimum Gasteiger partial charge on any atom is -0.493 e. The quantitative estimate of drug-likeness (QED) is 0.195. The Labute approximate surface area is 244 Å². The normalized spacial score (nSPS) is 12.9. The molecule has 1 aromatic heterocycles. The van der Waals surface area contributed by atoms with E-state index in [1.807, 2.05) is 4.90 Å². The van der Waals surface area contributed by atoms with Gasteiger partial charge in [0.05, 0.1) is 11.3 Å². The predicted octanol–water partition coefficient (Wildman–Crippen LogP) is 7.27. The Kier molecular flexibility index (Phi) is 13.7. The van der Waals surface area contributed by atoms with Gasteiger partial charge in [-0.3, -0.25) is 19.0 Å².